The van der Waals surface area contributed by atoms with Crippen molar-refractivity contribution in [2.45, 2.75) is 64.0 Å². The van der Waals surface area contributed by atoms with E-state index in [4.69, 9.17) is 10.6 Å². The van der Waals surface area contributed by atoms with E-state index in [1.54, 1.807) is 0 Å². The van der Waals surface area contributed by atoms with Crippen molar-refractivity contribution >= 4 is 0 Å². The first-order valence-electron chi connectivity index (χ1n) is 8.17. The second-order valence-corrected chi connectivity index (χ2v) is 6.48. The number of aryl methyl sites for hydroxylation is 2. The number of nitrogens with two attached hydrogens (primary N) is 1. The third kappa shape index (κ3) is 4.05. The molecule has 0 amide bonds. The van der Waals surface area contributed by atoms with Crippen molar-refractivity contribution in [3.63, 3.8) is 0 Å². The molecular formula is C16H30N4O. The summed E-state index contributed by atoms with van der Waals surface area (Å²) < 4.78 is 8.07. The average Bonchev–Trinajstić information content (AvgIpc) is 2.85. The van der Waals surface area contributed by atoms with E-state index in [9.17, 15) is 0 Å². The predicted octanol–water partition coefficient (Wildman–Crippen LogP) is 2.17. The maximum absolute atomic E-state index is 6.22. The molecule has 5 nitrogen and oxygen atoms in total. The largest absolute Gasteiger partial charge is 0.374 e. The summed E-state index contributed by atoms with van der Waals surface area (Å²) in [6, 6.07) is 0.195. The van der Waals surface area contributed by atoms with Crippen LogP contribution in [0.15, 0.2) is 12.4 Å². The zero-order chi connectivity index (χ0) is 15.3. The molecule has 5 heteroatoms. The van der Waals surface area contributed by atoms with E-state index in [2.05, 4.69) is 30.6 Å². The van der Waals surface area contributed by atoms with Crippen molar-refractivity contribution in [2.75, 3.05) is 6.61 Å². The first kappa shape index (κ1) is 16.5. The lowest BCUT2D eigenvalue weighted by Crippen LogP contribution is -2.57. The molecule has 3 atom stereocenters. The fourth-order valence-electron chi connectivity index (χ4n) is 3.79. The number of nitrogens with zero attached hydrogens (tertiary/aromatic N) is 2. The van der Waals surface area contributed by atoms with Gasteiger partial charge in [-0.15, -0.1) is 0 Å². The molecule has 0 spiro atoms. The van der Waals surface area contributed by atoms with Crippen LogP contribution < -0.4 is 11.3 Å². The van der Waals surface area contributed by atoms with Gasteiger partial charge in [0.25, 0.3) is 0 Å². The second kappa shape index (κ2) is 7.38. The Morgan fingerprint density at radius 1 is 1.62 bits per heavy atom. The van der Waals surface area contributed by atoms with Crippen molar-refractivity contribution in [3.05, 3.63) is 18.0 Å². The summed E-state index contributed by atoms with van der Waals surface area (Å²) >= 11 is 0. The maximum Gasteiger partial charge on any atom is 0.0850 e. The normalized spacial score (nSPS) is 27.7. The Hall–Kier alpha value is -0.910. The second-order valence-electron chi connectivity index (χ2n) is 6.48. The molecule has 0 radical (unpaired) electrons. The van der Waals surface area contributed by atoms with Crippen LogP contribution in [0.4, 0.5) is 0 Å². The zero-order valence-corrected chi connectivity index (χ0v) is 13.6. The van der Waals surface area contributed by atoms with Gasteiger partial charge in [-0.25, -0.2) is 0 Å². The van der Waals surface area contributed by atoms with E-state index >= 15 is 0 Å². The van der Waals surface area contributed by atoms with Crippen LogP contribution in [0.3, 0.4) is 0 Å². The maximum atomic E-state index is 6.22. The van der Waals surface area contributed by atoms with E-state index in [0.29, 0.717) is 5.92 Å². The van der Waals surface area contributed by atoms with Crippen molar-refractivity contribution in [3.8, 4) is 0 Å². The molecule has 3 N–H and O–H groups in total. The smallest absolute Gasteiger partial charge is 0.0850 e. The standard InChI is InChI=1S/C16H30N4O/c1-4-21-16(9-5-6-13(2)10-16)15(19-17)8-7-14-11-18-20(3)12-14/h11-13,15,19H,4-10,17H2,1-3H3. The lowest BCUT2D eigenvalue weighted by atomic mass is 9.73. The summed E-state index contributed by atoms with van der Waals surface area (Å²) in [5, 5.41) is 4.23. The number of hydrogen-bond donors (Lipinski definition) is 2. The number of aromatic nitrogens is 2. The Bertz CT molecular complexity index is 430. The van der Waals surface area contributed by atoms with Crippen LogP contribution in [-0.2, 0) is 18.2 Å². The summed E-state index contributed by atoms with van der Waals surface area (Å²) in [4.78, 5) is 0. The number of rotatable bonds is 7. The highest BCUT2D eigenvalue weighted by Crippen LogP contribution is 2.38. The van der Waals surface area contributed by atoms with Gasteiger partial charge < -0.3 is 4.74 Å². The van der Waals surface area contributed by atoms with Crippen molar-refractivity contribution in [2.24, 2.45) is 18.8 Å². The first-order valence-corrected chi connectivity index (χ1v) is 8.17. The summed E-state index contributed by atoms with van der Waals surface area (Å²) in [6.45, 7) is 5.15. The Morgan fingerprint density at radius 3 is 3.00 bits per heavy atom. The molecule has 0 bridgehead atoms. The van der Waals surface area contributed by atoms with Gasteiger partial charge in [0, 0.05) is 19.9 Å². The molecule has 1 aliphatic rings. The van der Waals surface area contributed by atoms with Gasteiger partial charge in [-0.1, -0.05) is 19.8 Å². The van der Waals surface area contributed by atoms with Gasteiger partial charge in [0.1, 0.15) is 0 Å². The fraction of sp³-hybridized carbons (Fsp3) is 0.812. The molecule has 120 valence electrons. The predicted molar refractivity (Wildman–Crippen MR) is 84.6 cm³/mol. The molecule has 0 saturated heterocycles. The average molecular weight is 294 g/mol. The van der Waals surface area contributed by atoms with Gasteiger partial charge >= 0.3 is 0 Å². The van der Waals surface area contributed by atoms with Gasteiger partial charge in [0.05, 0.1) is 17.8 Å². The van der Waals surface area contributed by atoms with Gasteiger partial charge in [-0.2, -0.15) is 5.10 Å². The van der Waals surface area contributed by atoms with Crippen molar-refractivity contribution < 1.29 is 4.74 Å². The summed E-state index contributed by atoms with van der Waals surface area (Å²) in [7, 11) is 1.95. The van der Waals surface area contributed by atoms with Crippen LogP contribution in [0.1, 0.15) is 51.5 Å². The monoisotopic (exact) mass is 294 g/mol. The molecule has 21 heavy (non-hydrogen) atoms. The molecule has 1 heterocycles. The molecule has 0 aromatic carbocycles. The van der Waals surface area contributed by atoms with E-state index in [0.717, 1.165) is 32.3 Å². The molecule has 3 unspecified atom stereocenters. The van der Waals surface area contributed by atoms with Gasteiger partial charge in [0.15, 0.2) is 0 Å². The third-order valence-corrected chi connectivity index (χ3v) is 4.74. The topological polar surface area (TPSA) is 65.1 Å². The fourth-order valence-corrected chi connectivity index (χ4v) is 3.79. The summed E-state index contributed by atoms with van der Waals surface area (Å²) in [6.07, 6.45) is 10.7. The minimum Gasteiger partial charge on any atom is -0.374 e. The molecular weight excluding hydrogens is 264 g/mol. The summed E-state index contributed by atoms with van der Waals surface area (Å²) in [5.74, 6) is 6.59. The Balaban J connectivity index is 2.04. The van der Waals surface area contributed by atoms with Gasteiger partial charge in [-0.05, 0) is 44.1 Å². The highest BCUT2D eigenvalue weighted by molar-refractivity contribution is 5.06. The van der Waals surface area contributed by atoms with Crippen LogP contribution in [0.25, 0.3) is 0 Å². The highest BCUT2D eigenvalue weighted by atomic mass is 16.5. The Labute approximate surface area is 128 Å². The van der Waals surface area contributed by atoms with E-state index in [1.165, 1.54) is 18.4 Å². The van der Waals surface area contributed by atoms with Gasteiger partial charge in [0.2, 0.25) is 0 Å². The van der Waals surface area contributed by atoms with Crippen LogP contribution in [0.5, 0.6) is 0 Å². The number of hydrogen-bond acceptors (Lipinski definition) is 4. The minimum absolute atomic E-state index is 0.108. The first-order chi connectivity index (χ1) is 10.1. The van der Waals surface area contributed by atoms with Crippen LogP contribution >= 0.6 is 0 Å². The van der Waals surface area contributed by atoms with Crippen LogP contribution in [0, 0.1) is 5.92 Å². The number of ether oxygens (including phenoxy) is 1. The lowest BCUT2D eigenvalue weighted by molar-refractivity contribution is -0.102. The van der Waals surface area contributed by atoms with E-state index in [-0.39, 0.29) is 11.6 Å². The molecule has 2 rings (SSSR count). The Kier molecular flexibility index (Phi) is 5.79. The highest BCUT2D eigenvalue weighted by Gasteiger charge is 2.42. The van der Waals surface area contributed by atoms with Crippen molar-refractivity contribution in [1.82, 2.24) is 15.2 Å². The third-order valence-electron chi connectivity index (χ3n) is 4.74. The van der Waals surface area contributed by atoms with E-state index < -0.39 is 0 Å². The molecule has 1 aromatic rings. The van der Waals surface area contributed by atoms with Gasteiger partial charge in [-0.3, -0.25) is 16.0 Å². The van der Waals surface area contributed by atoms with E-state index in [1.807, 2.05) is 17.9 Å². The number of nitrogens with one attached hydrogen (secondary N) is 1. The molecule has 1 saturated carbocycles. The SMILES string of the molecule is CCOC1(C(CCc2cnn(C)c2)NN)CCCC(C)C1. The summed E-state index contributed by atoms with van der Waals surface area (Å²) in [5.41, 5.74) is 4.19. The zero-order valence-electron chi connectivity index (χ0n) is 13.6. The molecule has 1 aliphatic carbocycles. The molecule has 1 fully saturated rings. The quantitative estimate of drug-likeness (QED) is 0.597. The van der Waals surface area contributed by atoms with Crippen LogP contribution in [0.2, 0.25) is 0 Å². The molecule has 0 aliphatic heterocycles. The Morgan fingerprint density at radius 2 is 2.43 bits per heavy atom. The minimum atomic E-state index is -0.108. The van der Waals surface area contributed by atoms with Crippen molar-refractivity contribution in [1.29, 1.82) is 0 Å². The lowest BCUT2D eigenvalue weighted by Gasteiger charge is -2.45. The molecule has 1 aromatic heterocycles. The van der Waals surface area contributed by atoms with Crippen LogP contribution in [-0.4, -0.2) is 28.0 Å². The number of hydrazine groups is 1.